The SMILES string of the molecule is CCCCO[Si](C)(C)O[Si](C)(C)Oc1cc(F)cc(F)c1. The van der Waals surface area contributed by atoms with Crippen LogP contribution in [0, 0.1) is 11.6 Å². The summed E-state index contributed by atoms with van der Waals surface area (Å²) in [6, 6.07) is 3.14. The molecule has 0 fully saturated rings. The maximum Gasteiger partial charge on any atom is 0.383 e. The molecular formula is C14H24F2O3Si2. The average Bonchev–Trinajstić information content (AvgIpc) is 2.24. The van der Waals surface area contributed by atoms with Crippen LogP contribution < -0.4 is 4.43 Å². The lowest BCUT2D eigenvalue weighted by Gasteiger charge is -2.32. The van der Waals surface area contributed by atoms with E-state index in [0.717, 1.165) is 31.0 Å². The predicted octanol–water partition coefficient (Wildman–Crippen LogP) is 4.58. The van der Waals surface area contributed by atoms with Crippen LogP contribution in [0.3, 0.4) is 0 Å². The third-order valence-electron chi connectivity index (χ3n) is 2.64. The summed E-state index contributed by atoms with van der Waals surface area (Å²) in [6.45, 7) is 10.3. The maximum atomic E-state index is 13.2. The summed E-state index contributed by atoms with van der Waals surface area (Å²) in [5.74, 6) is -1.17. The van der Waals surface area contributed by atoms with Crippen LogP contribution >= 0.6 is 0 Å². The highest BCUT2D eigenvalue weighted by Crippen LogP contribution is 2.23. The van der Waals surface area contributed by atoms with Crippen molar-refractivity contribution in [2.45, 2.75) is 46.0 Å². The summed E-state index contributed by atoms with van der Waals surface area (Å²) in [5.41, 5.74) is 0. The van der Waals surface area contributed by atoms with Crippen molar-refractivity contribution in [1.29, 1.82) is 0 Å². The fraction of sp³-hybridized carbons (Fsp3) is 0.571. The first-order chi connectivity index (χ1) is 9.63. The van der Waals surface area contributed by atoms with Crippen molar-refractivity contribution in [1.82, 2.24) is 0 Å². The molecule has 120 valence electrons. The highest BCUT2D eigenvalue weighted by atomic mass is 28.5. The third-order valence-corrected chi connectivity index (χ3v) is 8.20. The molecule has 0 unspecified atom stereocenters. The van der Waals surface area contributed by atoms with Gasteiger partial charge in [-0.05, 0) is 32.6 Å². The lowest BCUT2D eigenvalue weighted by atomic mass is 10.3. The summed E-state index contributed by atoms with van der Waals surface area (Å²) in [5, 5.41) is 0. The van der Waals surface area contributed by atoms with Gasteiger partial charge in [0.25, 0.3) is 0 Å². The molecule has 0 aromatic heterocycles. The molecule has 0 N–H and O–H groups in total. The molecule has 0 aliphatic carbocycles. The molecule has 1 aromatic rings. The summed E-state index contributed by atoms with van der Waals surface area (Å²) < 4.78 is 43.9. The van der Waals surface area contributed by atoms with E-state index in [4.69, 9.17) is 13.0 Å². The molecular weight excluding hydrogens is 310 g/mol. The molecule has 0 heterocycles. The van der Waals surface area contributed by atoms with Gasteiger partial charge in [-0.3, -0.25) is 0 Å². The Morgan fingerprint density at radius 1 is 0.952 bits per heavy atom. The third kappa shape index (κ3) is 7.17. The minimum atomic E-state index is -2.58. The first kappa shape index (κ1) is 18.3. The van der Waals surface area contributed by atoms with Crippen LogP contribution in [-0.2, 0) is 8.54 Å². The van der Waals surface area contributed by atoms with Gasteiger partial charge in [-0.25, -0.2) is 8.78 Å². The van der Waals surface area contributed by atoms with Crippen LogP contribution in [0.2, 0.25) is 26.2 Å². The van der Waals surface area contributed by atoms with Crippen molar-refractivity contribution < 1.29 is 21.7 Å². The predicted molar refractivity (Wildman–Crippen MR) is 83.9 cm³/mol. The van der Waals surface area contributed by atoms with Gasteiger partial charge in [0.05, 0.1) is 0 Å². The van der Waals surface area contributed by atoms with E-state index < -0.39 is 28.8 Å². The number of hydrogen-bond donors (Lipinski definition) is 0. The Bertz CT molecular complexity index is 447. The van der Waals surface area contributed by atoms with E-state index >= 15 is 0 Å². The van der Waals surface area contributed by atoms with Gasteiger partial charge in [-0.15, -0.1) is 0 Å². The summed E-state index contributed by atoms with van der Waals surface area (Å²) in [6.07, 6.45) is 2.04. The number of unbranched alkanes of at least 4 members (excludes halogenated alkanes) is 1. The minimum absolute atomic E-state index is 0.155. The molecule has 0 radical (unpaired) electrons. The van der Waals surface area contributed by atoms with Crippen molar-refractivity contribution in [3.63, 3.8) is 0 Å². The van der Waals surface area contributed by atoms with E-state index in [1.165, 1.54) is 0 Å². The zero-order chi connectivity index (χ0) is 16.1. The van der Waals surface area contributed by atoms with Gasteiger partial charge in [0.15, 0.2) is 0 Å². The van der Waals surface area contributed by atoms with Crippen molar-refractivity contribution in [3.05, 3.63) is 29.8 Å². The molecule has 0 amide bonds. The van der Waals surface area contributed by atoms with Gasteiger partial charge in [0, 0.05) is 24.8 Å². The van der Waals surface area contributed by atoms with E-state index in [-0.39, 0.29) is 5.75 Å². The highest BCUT2D eigenvalue weighted by molar-refractivity contribution is 6.79. The fourth-order valence-electron chi connectivity index (χ4n) is 1.98. The lowest BCUT2D eigenvalue weighted by molar-refractivity contribution is 0.227. The van der Waals surface area contributed by atoms with Gasteiger partial charge >= 0.3 is 17.1 Å². The summed E-state index contributed by atoms with van der Waals surface area (Å²) in [7, 11) is -4.89. The number of hydrogen-bond acceptors (Lipinski definition) is 3. The monoisotopic (exact) mass is 334 g/mol. The van der Waals surface area contributed by atoms with Gasteiger partial charge in [0.2, 0.25) is 0 Å². The highest BCUT2D eigenvalue weighted by Gasteiger charge is 2.37. The van der Waals surface area contributed by atoms with E-state index in [1.54, 1.807) is 0 Å². The van der Waals surface area contributed by atoms with Crippen molar-refractivity contribution >= 4 is 17.1 Å². The molecule has 0 atom stereocenters. The largest absolute Gasteiger partial charge is 0.521 e. The quantitative estimate of drug-likeness (QED) is 0.514. The van der Waals surface area contributed by atoms with Gasteiger partial charge in [-0.1, -0.05) is 13.3 Å². The zero-order valence-electron chi connectivity index (χ0n) is 13.3. The lowest BCUT2D eigenvalue weighted by Crippen LogP contribution is -2.50. The van der Waals surface area contributed by atoms with Crippen molar-refractivity contribution in [2.24, 2.45) is 0 Å². The molecule has 0 saturated carbocycles. The number of benzene rings is 1. The summed E-state index contributed by atoms with van der Waals surface area (Å²) in [4.78, 5) is 0. The maximum absolute atomic E-state index is 13.2. The van der Waals surface area contributed by atoms with Crippen LogP contribution in [0.4, 0.5) is 8.78 Å². The average molecular weight is 335 g/mol. The van der Waals surface area contributed by atoms with Gasteiger partial charge < -0.3 is 13.0 Å². The molecule has 3 nitrogen and oxygen atoms in total. The van der Waals surface area contributed by atoms with Crippen LogP contribution in [0.5, 0.6) is 5.75 Å². The van der Waals surface area contributed by atoms with Crippen LogP contribution in [0.1, 0.15) is 19.8 Å². The van der Waals surface area contributed by atoms with Crippen molar-refractivity contribution in [3.8, 4) is 5.75 Å². The number of rotatable bonds is 8. The Hall–Kier alpha value is -0.766. The molecule has 7 heteroatoms. The second-order valence-corrected chi connectivity index (χ2v) is 12.7. The first-order valence-electron chi connectivity index (χ1n) is 7.13. The molecule has 1 rings (SSSR count). The Morgan fingerprint density at radius 3 is 2.05 bits per heavy atom. The normalized spacial score (nSPS) is 12.5. The zero-order valence-corrected chi connectivity index (χ0v) is 15.3. The summed E-state index contributed by atoms with van der Waals surface area (Å²) >= 11 is 0. The van der Waals surface area contributed by atoms with Crippen LogP contribution in [0.15, 0.2) is 18.2 Å². The Morgan fingerprint density at radius 2 is 1.52 bits per heavy atom. The molecule has 0 spiro atoms. The second-order valence-electron chi connectivity index (χ2n) is 5.81. The Labute approximate surface area is 127 Å². The topological polar surface area (TPSA) is 27.7 Å². The van der Waals surface area contributed by atoms with Gasteiger partial charge in [-0.2, -0.15) is 0 Å². The van der Waals surface area contributed by atoms with E-state index in [0.29, 0.717) is 6.61 Å². The van der Waals surface area contributed by atoms with Gasteiger partial charge in [0.1, 0.15) is 17.4 Å². The van der Waals surface area contributed by atoms with Crippen LogP contribution in [0.25, 0.3) is 0 Å². The second kappa shape index (κ2) is 7.48. The Kier molecular flexibility index (Phi) is 6.51. The van der Waals surface area contributed by atoms with E-state index in [9.17, 15) is 8.78 Å². The number of halogens is 2. The molecule has 21 heavy (non-hydrogen) atoms. The molecule has 0 aliphatic heterocycles. The first-order valence-corrected chi connectivity index (χ1v) is 12.8. The standard InChI is InChI=1S/C14H24F2O3Si2/c1-6-7-8-17-20(2,3)19-21(4,5)18-14-10-12(15)9-13(16)11-14/h9-11H,6-8H2,1-5H3. The fourth-order valence-corrected chi connectivity index (χ4v) is 8.43. The van der Waals surface area contributed by atoms with E-state index in [2.05, 4.69) is 6.92 Å². The molecule has 0 saturated heterocycles. The molecule has 0 bridgehead atoms. The Balaban J connectivity index is 2.67. The molecule has 1 aromatic carbocycles. The van der Waals surface area contributed by atoms with Crippen molar-refractivity contribution in [2.75, 3.05) is 6.61 Å². The minimum Gasteiger partial charge on any atom is -0.521 e. The van der Waals surface area contributed by atoms with Crippen LogP contribution in [-0.4, -0.2) is 23.7 Å². The smallest absolute Gasteiger partial charge is 0.383 e. The molecule has 0 aliphatic rings. The van der Waals surface area contributed by atoms with E-state index in [1.807, 2.05) is 26.2 Å².